The number of benzene rings is 2. The Morgan fingerprint density at radius 1 is 1.00 bits per heavy atom. The molecule has 2 heterocycles. The second-order valence-electron chi connectivity index (χ2n) is 6.09. The van der Waals surface area contributed by atoms with Gasteiger partial charge < -0.3 is 15.0 Å². The molecule has 0 unspecified atom stereocenters. The molecular weight excluding hydrogens is 338 g/mol. The molecule has 2 aromatic carbocycles. The highest BCUT2D eigenvalue weighted by Crippen LogP contribution is 2.27. The van der Waals surface area contributed by atoms with Crippen LogP contribution in [0.4, 0.5) is 0 Å². The van der Waals surface area contributed by atoms with Crippen molar-refractivity contribution < 1.29 is 13.2 Å². The molecule has 6 nitrogen and oxygen atoms in total. The minimum Gasteiger partial charge on any atom is -0.457 e. The van der Waals surface area contributed by atoms with Crippen molar-refractivity contribution in [2.45, 2.75) is 6.04 Å². The summed E-state index contributed by atoms with van der Waals surface area (Å²) in [5, 5.41) is 3.36. The van der Waals surface area contributed by atoms with E-state index < -0.39 is 10.0 Å². The molecule has 7 heteroatoms. The molecule has 0 spiro atoms. The quantitative estimate of drug-likeness (QED) is 0.912. The highest BCUT2D eigenvalue weighted by atomic mass is 32.2. The van der Waals surface area contributed by atoms with E-state index in [4.69, 9.17) is 4.74 Å². The van der Waals surface area contributed by atoms with Crippen LogP contribution in [-0.4, -0.2) is 44.5 Å². The van der Waals surface area contributed by atoms with Crippen LogP contribution in [0.25, 0.3) is 0 Å². The summed E-state index contributed by atoms with van der Waals surface area (Å²) in [6, 6.07) is 17.0. The molecule has 130 valence electrons. The standard InChI is InChI=1S/C18H19N3O3S/c22-25(23)13-12-21-11-10-19-17(18(21)20-25)14-6-8-16(9-7-14)24-15-4-2-1-3-5-15/h1-9,17,19H,10-13H2/t17-/m1/s1. The number of rotatable bonds is 3. The summed E-state index contributed by atoms with van der Waals surface area (Å²) >= 11 is 0. The Morgan fingerprint density at radius 2 is 1.72 bits per heavy atom. The van der Waals surface area contributed by atoms with Crippen LogP contribution < -0.4 is 10.1 Å². The van der Waals surface area contributed by atoms with Gasteiger partial charge in [0, 0.05) is 19.6 Å². The fourth-order valence-electron chi connectivity index (χ4n) is 3.10. The summed E-state index contributed by atoms with van der Waals surface area (Å²) < 4.78 is 33.6. The maximum absolute atomic E-state index is 11.9. The summed E-state index contributed by atoms with van der Waals surface area (Å²) in [7, 11) is -3.36. The molecule has 0 amide bonds. The highest BCUT2D eigenvalue weighted by molar-refractivity contribution is 7.90. The average molecular weight is 357 g/mol. The van der Waals surface area contributed by atoms with E-state index in [9.17, 15) is 8.42 Å². The predicted molar refractivity (Wildman–Crippen MR) is 96.5 cm³/mol. The summed E-state index contributed by atoms with van der Waals surface area (Å²) in [6.07, 6.45) is 0. The molecule has 4 rings (SSSR count). The Bertz CT molecular complexity index is 880. The number of hydrogen-bond acceptors (Lipinski definition) is 5. The molecule has 2 aliphatic heterocycles. The van der Waals surface area contributed by atoms with Crippen LogP contribution in [0.3, 0.4) is 0 Å². The number of sulfonamides is 1. The lowest BCUT2D eigenvalue weighted by atomic mass is 10.0. The van der Waals surface area contributed by atoms with Crippen molar-refractivity contribution in [2.24, 2.45) is 4.40 Å². The first-order chi connectivity index (χ1) is 12.1. The van der Waals surface area contributed by atoms with Crippen LogP contribution in [0, 0.1) is 0 Å². The van der Waals surface area contributed by atoms with E-state index in [0.717, 1.165) is 30.2 Å². The van der Waals surface area contributed by atoms with Gasteiger partial charge in [-0.1, -0.05) is 30.3 Å². The first-order valence-corrected chi connectivity index (χ1v) is 9.85. The Morgan fingerprint density at radius 3 is 2.48 bits per heavy atom. The molecule has 0 aromatic heterocycles. The van der Waals surface area contributed by atoms with E-state index >= 15 is 0 Å². The van der Waals surface area contributed by atoms with Gasteiger partial charge in [0.1, 0.15) is 17.3 Å². The van der Waals surface area contributed by atoms with E-state index in [1.165, 1.54) is 0 Å². The van der Waals surface area contributed by atoms with Gasteiger partial charge in [0.25, 0.3) is 10.0 Å². The topological polar surface area (TPSA) is 71.0 Å². The van der Waals surface area contributed by atoms with Crippen LogP contribution in [0.15, 0.2) is 59.0 Å². The number of amidine groups is 1. The van der Waals surface area contributed by atoms with Gasteiger partial charge in [0.15, 0.2) is 0 Å². The van der Waals surface area contributed by atoms with Crippen molar-refractivity contribution >= 4 is 15.9 Å². The predicted octanol–water partition coefficient (Wildman–Crippen LogP) is 2.17. The summed E-state index contributed by atoms with van der Waals surface area (Å²) in [4.78, 5) is 2.05. The Hall–Kier alpha value is -2.38. The van der Waals surface area contributed by atoms with Crippen molar-refractivity contribution in [2.75, 3.05) is 25.4 Å². The lowest BCUT2D eigenvalue weighted by Crippen LogP contribution is -2.53. The van der Waals surface area contributed by atoms with E-state index in [1.54, 1.807) is 0 Å². The van der Waals surface area contributed by atoms with Crippen molar-refractivity contribution in [1.29, 1.82) is 0 Å². The van der Waals surface area contributed by atoms with Crippen LogP contribution in [0.5, 0.6) is 11.5 Å². The maximum Gasteiger partial charge on any atom is 0.256 e. The summed E-state index contributed by atoms with van der Waals surface area (Å²) in [5.41, 5.74) is 0.973. The van der Waals surface area contributed by atoms with E-state index in [1.807, 2.05) is 54.6 Å². The van der Waals surface area contributed by atoms with Gasteiger partial charge in [-0.3, -0.25) is 0 Å². The van der Waals surface area contributed by atoms with Gasteiger partial charge in [-0.25, -0.2) is 8.42 Å². The largest absolute Gasteiger partial charge is 0.457 e. The number of hydrogen-bond donors (Lipinski definition) is 1. The summed E-state index contributed by atoms with van der Waals surface area (Å²) in [6.45, 7) is 2.08. The number of nitrogens with zero attached hydrogens (tertiary/aromatic N) is 2. The van der Waals surface area contributed by atoms with E-state index in [2.05, 4.69) is 14.6 Å². The molecule has 2 aromatic rings. The van der Waals surface area contributed by atoms with Crippen LogP contribution >= 0.6 is 0 Å². The normalized spacial score (nSPS) is 22.0. The maximum atomic E-state index is 11.9. The monoisotopic (exact) mass is 357 g/mol. The Kier molecular flexibility index (Phi) is 4.19. The van der Waals surface area contributed by atoms with Gasteiger partial charge in [-0.05, 0) is 29.8 Å². The second kappa shape index (κ2) is 6.50. The third-order valence-corrected chi connectivity index (χ3v) is 5.52. The van der Waals surface area contributed by atoms with Crippen molar-refractivity contribution in [1.82, 2.24) is 10.2 Å². The van der Waals surface area contributed by atoms with Crippen molar-refractivity contribution in [3.8, 4) is 11.5 Å². The van der Waals surface area contributed by atoms with E-state index in [-0.39, 0.29) is 11.8 Å². The lowest BCUT2D eigenvalue weighted by molar-refractivity contribution is 0.361. The van der Waals surface area contributed by atoms with Gasteiger partial charge in [0.2, 0.25) is 0 Å². The van der Waals surface area contributed by atoms with Gasteiger partial charge in [-0.15, -0.1) is 4.40 Å². The molecule has 1 saturated heterocycles. The number of piperazine rings is 1. The zero-order valence-corrected chi connectivity index (χ0v) is 14.4. The molecular formula is C18H19N3O3S. The zero-order chi connectivity index (χ0) is 17.3. The smallest absolute Gasteiger partial charge is 0.256 e. The number of nitrogens with one attached hydrogen (secondary N) is 1. The molecule has 1 fully saturated rings. The fourth-order valence-corrected chi connectivity index (χ4v) is 4.15. The summed E-state index contributed by atoms with van der Waals surface area (Å²) in [5.74, 6) is 2.20. The minimum absolute atomic E-state index is 0.0904. The van der Waals surface area contributed by atoms with Crippen LogP contribution in [-0.2, 0) is 10.0 Å². The van der Waals surface area contributed by atoms with Crippen LogP contribution in [0.1, 0.15) is 11.6 Å². The highest BCUT2D eigenvalue weighted by Gasteiger charge is 2.33. The van der Waals surface area contributed by atoms with Crippen molar-refractivity contribution in [3.05, 3.63) is 60.2 Å². The van der Waals surface area contributed by atoms with Gasteiger partial charge in [0.05, 0.1) is 11.8 Å². The molecule has 1 atom stereocenters. The van der Waals surface area contributed by atoms with Gasteiger partial charge >= 0.3 is 0 Å². The fraction of sp³-hybridized carbons (Fsp3) is 0.278. The zero-order valence-electron chi connectivity index (χ0n) is 13.6. The molecule has 0 aliphatic carbocycles. The number of ether oxygens (including phenoxy) is 1. The average Bonchev–Trinajstić information content (AvgIpc) is 2.62. The molecule has 1 N–H and O–H groups in total. The lowest BCUT2D eigenvalue weighted by Gasteiger charge is -2.38. The SMILES string of the molecule is O=S1(=O)CCN2CCN[C@H](c3ccc(Oc4ccccc4)cc3)C2=N1. The van der Waals surface area contributed by atoms with Gasteiger partial charge in [-0.2, -0.15) is 0 Å². The Balaban J connectivity index is 1.58. The molecule has 0 bridgehead atoms. The van der Waals surface area contributed by atoms with Crippen LogP contribution in [0.2, 0.25) is 0 Å². The first-order valence-electron chi connectivity index (χ1n) is 8.24. The number of para-hydroxylation sites is 1. The minimum atomic E-state index is -3.36. The molecule has 2 aliphatic rings. The Labute approximate surface area is 147 Å². The van der Waals surface area contributed by atoms with Crippen molar-refractivity contribution in [3.63, 3.8) is 0 Å². The second-order valence-corrected chi connectivity index (χ2v) is 7.85. The molecule has 0 saturated carbocycles. The number of fused-ring (bicyclic) bond motifs is 1. The third kappa shape index (κ3) is 3.52. The molecule has 0 radical (unpaired) electrons. The molecule has 25 heavy (non-hydrogen) atoms. The third-order valence-electron chi connectivity index (χ3n) is 4.36. The van der Waals surface area contributed by atoms with E-state index in [0.29, 0.717) is 12.4 Å². The first kappa shape index (κ1) is 16.1.